The van der Waals surface area contributed by atoms with Gasteiger partial charge in [0.1, 0.15) is 0 Å². The fraction of sp³-hybridized carbons (Fsp3) is 0.583. The van der Waals surface area contributed by atoms with Crippen molar-refractivity contribution < 1.29 is 9.21 Å². The molecule has 0 saturated carbocycles. The second kappa shape index (κ2) is 5.56. The van der Waals surface area contributed by atoms with Crippen molar-refractivity contribution in [3.8, 4) is 0 Å². The predicted octanol–water partition coefficient (Wildman–Crippen LogP) is 2.15. The first kappa shape index (κ1) is 12.5. The second-order valence-corrected chi connectivity index (χ2v) is 4.63. The van der Waals surface area contributed by atoms with Crippen LogP contribution in [0, 0.1) is 0 Å². The Hall–Kier alpha value is -1.00. The van der Waals surface area contributed by atoms with Crippen molar-refractivity contribution in [1.82, 2.24) is 10.2 Å². The van der Waals surface area contributed by atoms with E-state index in [1.807, 2.05) is 0 Å². The molecule has 4 nitrogen and oxygen atoms in total. The lowest BCUT2D eigenvalue weighted by Gasteiger charge is -2.31. The van der Waals surface area contributed by atoms with E-state index in [0.29, 0.717) is 5.56 Å². The van der Waals surface area contributed by atoms with Gasteiger partial charge >= 0.3 is 0 Å². The summed E-state index contributed by atoms with van der Waals surface area (Å²) in [6.07, 6.45) is 3.42. The molecule has 0 bridgehead atoms. The Bertz CT molecular complexity index is 384. The van der Waals surface area contributed by atoms with Gasteiger partial charge < -0.3 is 14.6 Å². The number of amides is 1. The number of hydrogen-bond donors (Lipinski definition) is 1. The highest BCUT2D eigenvalue weighted by molar-refractivity contribution is 6.32. The minimum atomic E-state index is -0.140. The van der Waals surface area contributed by atoms with Crippen LogP contribution in [-0.4, -0.2) is 36.5 Å². The van der Waals surface area contributed by atoms with Crippen LogP contribution in [0.4, 0.5) is 0 Å². The van der Waals surface area contributed by atoms with E-state index in [1.165, 1.54) is 6.26 Å². The number of halogens is 1. The molecule has 2 rings (SSSR count). The van der Waals surface area contributed by atoms with Crippen LogP contribution in [0.5, 0.6) is 0 Å². The van der Waals surface area contributed by atoms with Crippen molar-refractivity contribution in [2.45, 2.75) is 25.8 Å². The summed E-state index contributed by atoms with van der Waals surface area (Å²) in [5.41, 5.74) is 0.421. The summed E-state index contributed by atoms with van der Waals surface area (Å²) in [7, 11) is 0. The normalized spacial score (nSPS) is 18.2. The van der Waals surface area contributed by atoms with Crippen LogP contribution in [0.3, 0.4) is 0 Å². The molecule has 1 saturated heterocycles. The first-order valence-corrected chi connectivity index (χ1v) is 6.34. The number of nitrogens with one attached hydrogen (secondary N) is 1. The Kier molecular flexibility index (Phi) is 4.07. The third-order valence-electron chi connectivity index (χ3n) is 3.23. The van der Waals surface area contributed by atoms with Crippen LogP contribution >= 0.6 is 11.6 Å². The smallest absolute Gasteiger partial charge is 0.256 e. The predicted molar refractivity (Wildman–Crippen MR) is 66.3 cm³/mol. The minimum absolute atomic E-state index is 0.140. The van der Waals surface area contributed by atoms with E-state index in [4.69, 9.17) is 16.0 Å². The van der Waals surface area contributed by atoms with Gasteiger partial charge in [0.15, 0.2) is 0 Å². The SMILES string of the molecule is CCN1CCC(NC(=O)c2ccoc2Cl)CC1. The summed E-state index contributed by atoms with van der Waals surface area (Å²) in [6, 6.07) is 1.84. The van der Waals surface area contributed by atoms with E-state index in [2.05, 4.69) is 17.1 Å². The van der Waals surface area contributed by atoms with Gasteiger partial charge in [0.2, 0.25) is 5.22 Å². The lowest BCUT2D eigenvalue weighted by atomic mass is 10.0. The maximum absolute atomic E-state index is 11.9. The van der Waals surface area contributed by atoms with Gasteiger partial charge in [-0.05, 0) is 37.1 Å². The molecule has 1 fully saturated rings. The van der Waals surface area contributed by atoms with E-state index in [9.17, 15) is 4.79 Å². The van der Waals surface area contributed by atoms with E-state index in [0.717, 1.165) is 32.5 Å². The molecule has 0 aromatic carbocycles. The van der Waals surface area contributed by atoms with Gasteiger partial charge in [0.25, 0.3) is 5.91 Å². The third-order valence-corrected chi connectivity index (χ3v) is 3.53. The Morgan fingerprint density at radius 2 is 2.29 bits per heavy atom. The largest absolute Gasteiger partial charge is 0.452 e. The molecule has 1 aromatic rings. The lowest BCUT2D eigenvalue weighted by Crippen LogP contribution is -2.44. The van der Waals surface area contributed by atoms with Crippen molar-refractivity contribution in [2.24, 2.45) is 0 Å². The molecule has 0 radical (unpaired) electrons. The average molecular weight is 257 g/mol. The standard InChI is InChI=1S/C12H17ClN2O2/c1-2-15-6-3-9(4-7-15)14-12(16)10-5-8-17-11(10)13/h5,8-9H,2-4,6-7H2,1H3,(H,14,16). The molecule has 94 valence electrons. The molecule has 0 atom stereocenters. The molecule has 1 N–H and O–H groups in total. The third kappa shape index (κ3) is 3.01. The fourth-order valence-corrected chi connectivity index (χ4v) is 2.31. The molecule has 1 aromatic heterocycles. The summed E-state index contributed by atoms with van der Waals surface area (Å²) < 4.78 is 4.91. The second-order valence-electron chi connectivity index (χ2n) is 4.29. The maximum Gasteiger partial charge on any atom is 0.256 e. The number of carbonyl (C=O) groups is 1. The minimum Gasteiger partial charge on any atom is -0.452 e. The molecule has 1 aliphatic heterocycles. The zero-order valence-electron chi connectivity index (χ0n) is 9.91. The first-order valence-electron chi connectivity index (χ1n) is 5.97. The van der Waals surface area contributed by atoms with E-state index in [1.54, 1.807) is 6.07 Å². The Morgan fingerprint density at radius 1 is 1.59 bits per heavy atom. The fourth-order valence-electron chi connectivity index (χ4n) is 2.11. The summed E-state index contributed by atoms with van der Waals surface area (Å²) in [5.74, 6) is -0.140. The molecular formula is C12H17ClN2O2. The molecule has 0 unspecified atom stereocenters. The molecule has 1 aliphatic rings. The van der Waals surface area contributed by atoms with Crippen LogP contribution in [0.15, 0.2) is 16.7 Å². The van der Waals surface area contributed by atoms with Gasteiger partial charge in [-0.2, -0.15) is 0 Å². The zero-order chi connectivity index (χ0) is 12.3. The van der Waals surface area contributed by atoms with E-state index >= 15 is 0 Å². The van der Waals surface area contributed by atoms with Crippen LogP contribution < -0.4 is 5.32 Å². The van der Waals surface area contributed by atoms with Gasteiger partial charge in [-0.3, -0.25) is 4.79 Å². The van der Waals surface area contributed by atoms with Crippen molar-refractivity contribution in [3.63, 3.8) is 0 Å². The molecule has 2 heterocycles. The van der Waals surface area contributed by atoms with Crippen LogP contribution in [0.2, 0.25) is 5.22 Å². The average Bonchev–Trinajstić information content (AvgIpc) is 2.76. The number of nitrogens with zero attached hydrogens (tertiary/aromatic N) is 1. The number of likely N-dealkylation sites (tertiary alicyclic amines) is 1. The Labute approximate surface area is 106 Å². The topological polar surface area (TPSA) is 45.5 Å². The first-order chi connectivity index (χ1) is 8.20. The van der Waals surface area contributed by atoms with Crippen LogP contribution in [-0.2, 0) is 0 Å². The number of rotatable bonds is 3. The summed E-state index contributed by atoms with van der Waals surface area (Å²) in [6.45, 7) is 5.32. The summed E-state index contributed by atoms with van der Waals surface area (Å²) >= 11 is 5.76. The van der Waals surface area contributed by atoms with Gasteiger partial charge in [-0.1, -0.05) is 6.92 Å². The quantitative estimate of drug-likeness (QED) is 0.901. The number of carbonyl (C=O) groups excluding carboxylic acids is 1. The highest BCUT2D eigenvalue weighted by atomic mass is 35.5. The number of hydrogen-bond acceptors (Lipinski definition) is 3. The molecule has 5 heteroatoms. The molecule has 0 aliphatic carbocycles. The van der Waals surface area contributed by atoms with Crippen LogP contribution in [0.25, 0.3) is 0 Å². The molecular weight excluding hydrogens is 240 g/mol. The summed E-state index contributed by atoms with van der Waals surface area (Å²) in [4.78, 5) is 14.3. The van der Waals surface area contributed by atoms with E-state index < -0.39 is 0 Å². The van der Waals surface area contributed by atoms with Crippen molar-refractivity contribution in [2.75, 3.05) is 19.6 Å². The monoisotopic (exact) mass is 256 g/mol. The molecule has 1 amide bonds. The van der Waals surface area contributed by atoms with Crippen LogP contribution in [0.1, 0.15) is 30.1 Å². The van der Waals surface area contributed by atoms with Gasteiger partial charge in [0.05, 0.1) is 11.8 Å². The van der Waals surface area contributed by atoms with Crippen molar-refractivity contribution in [1.29, 1.82) is 0 Å². The van der Waals surface area contributed by atoms with Crippen molar-refractivity contribution >= 4 is 17.5 Å². The molecule has 17 heavy (non-hydrogen) atoms. The van der Waals surface area contributed by atoms with E-state index in [-0.39, 0.29) is 17.2 Å². The molecule has 0 spiro atoms. The van der Waals surface area contributed by atoms with Gasteiger partial charge in [0, 0.05) is 19.1 Å². The highest BCUT2D eigenvalue weighted by Crippen LogP contribution is 2.17. The summed E-state index contributed by atoms with van der Waals surface area (Å²) in [5, 5.41) is 3.16. The zero-order valence-corrected chi connectivity index (χ0v) is 10.7. The Morgan fingerprint density at radius 3 is 2.82 bits per heavy atom. The maximum atomic E-state index is 11.9. The van der Waals surface area contributed by atoms with Crippen molar-refractivity contribution in [3.05, 3.63) is 23.1 Å². The van der Waals surface area contributed by atoms with Gasteiger partial charge in [-0.25, -0.2) is 0 Å². The number of piperidine rings is 1. The highest BCUT2D eigenvalue weighted by Gasteiger charge is 2.21. The van der Waals surface area contributed by atoms with Gasteiger partial charge in [-0.15, -0.1) is 0 Å². The lowest BCUT2D eigenvalue weighted by molar-refractivity contribution is 0.0912. The number of furan rings is 1. The Balaban J connectivity index is 1.86.